The molecule has 2 heterocycles. The number of alkyl halides is 6. The Balaban J connectivity index is 1.47. The van der Waals surface area contributed by atoms with Crippen LogP contribution in [-0.2, 0) is 21.9 Å². The zero-order valence-corrected chi connectivity index (χ0v) is 19.0. The Labute approximate surface area is 199 Å². The highest BCUT2D eigenvalue weighted by molar-refractivity contribution is 8.00. The number of carbonyl (C=O) groups is 2. The van der Waals surface area contributed by atoms with E-state index in [1.165, 1.54) is 57.6 Å². The van der Waals surface area contributed by atoms with Crippen LogP contribution in [0.3, 0.4) is 0 Å². The van der Waals surface area contributed by atoms with Gasteiger partial charge in [0.05, 0.1) is 22.6 Å². The van der Waals surface area contributed by atoms with Crippen LogP contribution in [0.25, 0.3) is 0 Å². The molecule has 0 saturated carbocycles. The van der Waals surface area contributed by atoms with Crippen molar-refractivity contribution in [3.05, 3.63) is 70.8 Å². The SMILES string of the molecule is O=C1CS[C@H](c2ccc(C(F)(F)F)cc2)N1CCN1C(=O)CS[C@@H]1c1ccc(C(F)(F)F)cc1. The molecule has 2 aliphatic rings. The number of carbonyl (C=O) groups excluding carboxylic acids is 2. The lowest BCUT2D eigenvalue weighted by molar-refractivity contribution is -0.138. The summed E-state index contributed by atoms with van der Waals surface area (Å²) < 4.78 is 77.1. The van der Waals surface area contributed by atoms with Crippen LogP contribution in [0.1, 0.15) is 33.0 Å². The molecule has 182 valence electrons. The fourth-order valence-electron chi connectivity index (χ4n) is 3.83. The molecule has 0 bridgehead atoms. The number of benzene rings is 2. The van der Waals surface area contributed by atoms with E-state index in [0.29, 0.717) is 11.1 Å². The van der Waals surface area contributed by atoms with Crippen molar-refractivity contribution in [3.63, 3.8) is 0 Å². The number of thioether (sulfide) groups is 2. The van der Waals surface area contributed by atoms with E-state index in [1.54, 1.807) is 0 Å². The topological polar surface area (TPSA) is 40.6 Å². The molecule has 0 radical (unpaired) electrons. The van der Waals surface area contributed by atoms with Crippen LogP contribution in [0.5, 0.6) is 0 Å². The van der Waals surface area contributed by atoms with Crippen LogP contribution in [0, 0.1) is 0 Å². The number of amides is 2. The van der Waals surface area contributed by atoms with Crippen molar-refractivity contribution in [2.24, 2.45) is 0 Å². The maximum atomic E-state index is 12.9. The second kappa shape index (κ2) is 9.37. The third kappa shape index (κ3) is 5.17. The standard InChI is InChI=1S/C22H18F6N2O2S2/c23-21(24,25)15-5-1-13(2-6-15)19-29(17(31)11-33-19)9-10-30-18(32)12-34-20(30)14-3-7-16(8-4-14)22(26,27)28/h1-8,19-20H,9-12H2/t19-,20-/m1/s1. The van der Waals surface area contributed by atoms with Gasteiger partial charge in [0.25, 0.3) is 0 Å². The maximum Gasteiger partial charge on any atom is 0.416 e. The molecule has 2 amide bonds. The van der Waals surface area contributed by atoms with Gasteiger partial charge in [-0.2, -0.15) is 26.3 Å². The lowest BCUT2D eigenvalue weighted by Gasteiger charge is -2.29. The van der Waals surface area contributed by atoms with Gasteiger partial charge < -0.3 is 9.80 Å². The maximum absolute atomic E-state index is 12.9. The van der Waals surface area contributed by atoms with Crippen LogP contribution in [0.2, 0.25) is 0 Å². The van der Waals surface area contributed by atoms with E-state index in [1.807, 2.05) is 0 Å². The van der Waals surface area contributed by atoms with Crippen molar-refractivity contribution < 1.29 is 35.9 Å². The van der Waals surface area contributed by atoms with E-state index in [9.17, 15) is 35.9 Å². The van der Waals surface area contributed by atoms with Crippen molar-refractivity contribution in [3.8, 4) is 0 Å². The third-order valence-corrected chi connectivity index (χ3v) is 8.08. The molecule has 4 nitrogen and oxygen atoms in total. The van der Waals surface area contributed by atoms with Gasteiger partial charge in [0, 0.05) is 13.1 Å². The smallest absolute Gasteiger partial charge is 0.324 e. The van der Waals surface area contributed by atoms with E-state index in [0.717, 1.165) is 24.3 Å². The van der Waals surface area contributed by atoms with Gasteiger partial charge in [0.15, 0.2) is 0 Å². The van der Waals surface area contributed by atoms with Crippen molar-refractivity contribution in [2.45, 2.75) is 23.1 Å². The molecule has 0 spiro atoms. The fourth-order valence-corrected chi connectivity index (χ4v) is 6.27. The Morgan fingerprint density at radius 1 is 0.647 bits per heavy atom. The molecule has 0 aliphatic carbocycles. The Morgan fingerprint density at radius 3 is 1.26 bits per heavy atom. The molecule has 34 heavy (non-hydrogen) atoms. The van der Waals surface area contributed by atoms with Crippen molar-refractivity contribution in [1.82, 2.24) is 9.80 Å². The van der Waals surface area contributed by atoms with Gasteiger partial charge in [0.1, 0.15) is 10.7 Å². The lowest BCUT2D eigenvalue weighted by atomic mass is 10.1. The fraction of sp³-hybridized carbons (Fsp3) is 0.364. The Bertz CT molecular complexity index is 972. The number of halogens is 6. The summed E-state index contributed by atoms with van der Waals surface area (Å²) in [7, 11) is 0. The third-order valence-electron chi connectivity index (χ3n) is 5.56. The number of hydrogen-bond donors (Lipinski definition) is 0. The van der Waals surface area contributed by atoms with Crippen LogP contribution in [0.4, 0.5) is 26.3 Å². The van der Waals surface area contributed by atoms with Crippen LogP contribution in [-0.4, -0.2) is 46.2 Å². The van der Waals surface area contributed by atoms with Crippen LogP contribution >= 0.6 is 23.5 Å². The van der Waals surface area contributed by atoms with Gasteiger partial charge >= 0.3 is 12.4 Å². The zero-order valence-electron chi connectivity index (χ0n) is 17.4. The highest BCUT2D eigenvalue weighted by atomic mass is 32.2. The van der Waals surface area contributed by atoms with Gasteiger partial charge in [-0.15, -0.1) is 23.5 Å². The summed E-state index contributed by atoms with van der Waals surface area (Å²) in [5.41, 5.74) is -0.470. The van der Waals surface area contributed by atoms with Gasteiger partial charge in [-0.25, -0.2) is 0 Å². The molecule has 2 fully saturated rings. The largest absolute Gasteiger partial charge is 0.416 e. The monoisotopic (exact) mass is 520 g/mol. The number of rotatable bonds is 5. The van der Waals surface area contributed by atoms with E-state index in [-0.39, 0.29) is 36.4 Å². The predicted molar refractivity (Wildman–Crippen MR) is 117 cm³/mol. The minimum absolute atomic E-state index is 0.154. The van der Waals surface area contributed by atoms with E-state index in [2.05, 4.69) is 0 Å². The number of nitrogens with zero attached hydrogens (tertiary/aromatic N) is 2. The second-order valence-electron chi connectivity index (χ2n) is 7.74. The first kappa shape index (κ1) is 24.8. The summed E-state index contributed by atoms with van der Waals surface area (Å²) >= 11 is 2.58. The van der Waals surface area contributed by atoms with Crippen LogP contribution in [0.15, 0.2) is 48.5 Å². The summed E-state index contributed by atoms with van der Waals surface area (Å²) in [5, 5.41) is -0.964. The molecular weight excluding hydrogens is 502 g/mol. The minimum atomic E-state index is -4.46. The average Bonchev–Trinajstić information content (AvgIpc) is 3.33. The van der Waals surface area contributed by atoms with E-state index < -0.39 is 34.2 Å². The molecular formula is C22H18F6N2O2S2. The molecule has 2 saturated heterocycles. The quantitative estimate of drug-likeness (QED) is 0.484. The summed E-state index contributed by atoms with van der Waals surface area (Å²) in [6.07, 6.45) is -8.92. The van der Waals surface area contributed by atoms with Crippen molar-refractivity contribution in [2.75, 3.05) is 24.6 Å². The van der Waals surface area contributed by atoms with Gasteiger partial charge in [0.2, 0.25) is 11.8 Å². The number of hydrogen-bond acceptors (Lipinski definition) is 4. The van der Waals surface area contributed by atoms with Crippen molar-refractivity contribution in [1.29, 1.82) is 0 Å². The highest BCUT2D eigenvalue weighted by Crippen LogP contribution is 2.42. The summed E-state index contributed by atoms with van der Waals surface area (Å²) in [6, 6.07) is 9.25. The van der Waals surface area contributed by atoms with Crippen molar-refractivity contribution >= 4 is 35.3 Å². The lowest BCUT2D eigenvalue weighted by Crippen LogP contribution is -2.39. The molecule has 0 aromatic heterocycles. The first-order valence-electron chi connectivity index (χ1n) is 10.1. The molecule has 4 rings (SSSR count). The Kier molecular flexibility index (Phi) is 6.83. The summed E-state index contributed by atoms with van der Waals surface area (Å²) in [4.78, 5) is 28.0. The summed E-state index contributed by atoms with van der Waals surface area (Å²) in [5.74, 6) is -0.0616. The van der Waals surface area contributed by atoms with Crippen LogP contribution < -0.4 is 0 Å². The first-order valence-corrected chi connectivity index (χ1v) is 12.2. The second-order valence-corrected chi connectivity index (χ2v) is 9.88. The predicted octanol–water partition coefficient (Wildman–Crippen LogP) is 5.57. The van der Waals surface area contributed by atoms with E-state index >= 15 is 0 Å². The van der Waals surface area contributed by atoms with Gasteiger partial charge in [-0.05, 0) is 35.4 Å². The van der Waals surface area contributed by atoms with Gasteiger partial charge in [-0.3, -0.25) is 9.59 Å². The molecule has 2 aromatic carbocycles. The zero-order chi connectivity index (χ0) is 24.7. The molecule has 2 atom stereocenters. The molecule has 2 aliphatic heterocycles. The highest BCUT2D eigenvalue weighted by Gasteiger charge is 2.38. The minimum Gasteiger partial charge on any atom is -0.324 e. The molecule has 12 heteroatoms. The molecule has 0 N–H and O–H groups in total. The van der Waals surface area contributed by atoms with Gasteiger partial charge in [-0.1, -0.05) is 24.3 Å². The average molecular weight is 521 g/mol. The molecule has 2 aromatic rings. The normalized spacial score (nSPS) is 21.6. The Hall–Kier alpha value is -2.34. The van der Waals surface area contributed by atoms with E-state index in [4.69, 9.17) is 0 Å². The first-order chi connectivity index (χ1) is 15.9. The molecule has 0 unspecified atom stereocenters. The summed E-state index contributed by atoms with van der Waals surface area (Å²) in [6.45, 7) is 0.307. The Morgan fingerprint density at radius 2 is 0.971 bits per heavy atom.